The van der Waals surface area contributed by atoms with E-state index in [1.54, 1.807) is 12.3 Å². The molecule has 0 bridgehead atoms. The average Bonchev–Trinajstić information content (AvgIpc) is 3.13. The predicted molar refractivity (Wildman–Crippen MR) is 125 cm³/mol. The third-order valence-corrected chi connectivity index (χ3v) is 7.25. The van der Waals surface area contributed by atoms with Crippen molar-refractivity contribution in [2.75, 3.05) is 25.0 Å². The largest absolute Gasteiger partial charge is 0.455 e. The minimum absolute atomic E-state index is 0.270. The van der Waals surface area contributed by atoms with Crippen molar-refractivity contribution >= 4 is 22.9 Å². The van der Waals surface area contributed by atoms with E-state index >= 15 is 0 Å². The molecule has 1 N–H and O–H groups in total. The van der Waals surface area contributed by atoms with Crippen molar-refractivity contribution in [1.29, 1.82) is 0 Å². The molecule has 32 heavy (non-hydrogen) atoms. The molecule has 1 saturated heterocycles. The maximum Gasteiger partial charge on any atom is 0.292 e. The molecular weight excluding hydrogens is 405 g/mol. The Morgan fingerprint density at radius 2 is 1.84 bits per heavy atom. The summed E-state index contributed by atoms with van der Waals surface area (Å²) >= 11 is 0. The highest BCUT2D eigenvalue weighted by molar-refractivity contribution is 5.90. The highest BCUT2D eigenvalue weighted by Crippen LogP contribution is 2.32. The SMILES string of the molecule is Fc1ccc2cnc(NC3=NC[C@]4(CCCCCN(C5CCCCCCC5)C4)O3)nc2c1. The van der Waals surface area contributed by atoms with Crippen molar-refractivity contribution in [2.24, 2.45) is 4.99 Å². The molecule has 1 spiro atoms. The van der Waals surface area contributed by atoms with Crippen molar-refractivity contribution in [2.45, 2.75) is 82.3 Å². The second-order valence-electron chi connectivity index (χ2n) is 9.71. The zero-order valence-electron chi connectivity index (χ0n) is 18.9. The summed E-state index contributed by atoms with van der Waals surface area (Å²) in [5, 5.41) is 3.94. The summed E-state index contributed by atoms with van der Waals surface area (Å²) in [7, 11) is 0. The van der Waals surface area contributed by atoms with Gasteiger partial charge in [-0.1, -0.05) is 38.5 Å². The van der Waals surface area contributed by atoms with Crippen LogP contribution in [0.5, 0.6) is 0 Å². The molecular formula is C25H34FN5O. The van der Waals surface area contributed by atoms with E-state index in [9.17, 15) is 4.39 Å². The number of nitrogens with zero attached hydrogens (tertiary/aromatic N) is 4. The minimum atomic E-state index is -0.306. The lowest BCUT2D eigenvalue weighted by Gasteiger charge is -2.41. The monoisotopic (exact) mass is 439 g/mol. The van der Waals surface area contributed by atoms with Crippen LogP contribution in [0.1, 0.15) is 70.6 Å². The number of hydrogen-bond acceptors (Lipinski definition) is 6. The predicted octanol–water partition coefficient (Wildman–Crippen LogP) is 5.29. The molecule has 7 heteroatoms. The Balaban J connectivity index is 1.27. The van der Waals surface area contributed by atoms with Gasteiger partial charge in [-0.3, -0.25) is 10.2 Å². The molecule has 3 aliphatic rings. The normalized spacial score (nSPS) is 26.1. The lowest BCUT2D eigenvalue weighted by atomic mass is 9.90. The van der Waals surface area contributed by atoms with Gasteiger partial charge in [0, 0.05) is 30.2 Å². The van der Waals surface area contributed by atoms with Crippen molar-refractivity contribution in [1.82, 2.24) is 14.9 Å². The van der Waals surface area contributed by atoms with Gasteiger partial charge in [0.15, 0.2) is 0 Å². The number of rotatable bonds is 2. The molecule has 2 aromatic rings. The number of amidine groups is 1. The summed E-state index contributed by atoms with van der Waals surface area (Å²) in [6.45, 7) is 2.77. The Bertz CT molecular complexity index is 958. The number of aromatic nitrogens is 2. The highest BCUT2D eigenvalue weighted by Gasteiger charge is 2.41. The zero-order valence-corrected chi connectivity index (χ0v) is 18.9. The van der Waals surface area contributed by atoms with Gasteiger partial charge in [0.2, 0.25) is 5.95 Å². The van der Waals surface area contributed by atoms with Gasteiger partial charge in [0.1, 0.15) is 11.4 Å². The minimum Gasteiger partial charge on any atom is -0.455 e. The van der Waals surface area contributed by atoms with Gasteiger partial charge < -0.3 is 4.74 Å². The Morgan fingerprint density at radius 3 is 2.72 bits per heavy atom. The van der Waals surface area contributed by atoms with Crippen molar-refractivity contribution in [3.05, 3.63) is 30.2 Å². The average molecular weight is 440 g/mol. The van der Waals surface area contributed by atoms with Crippen LogP contribution in [0.2, 0.25) is 0 Å². The van der Waals surface area contributed by atoms with E-state index in [-0.39, 0.29) is 11.4 Å². The third kappa shape index (κ3) is 5.03. The molecule has 5 rings (SSSR count). The molecule has 1 aromatic carbocycles. The van der Waals surface area contributed by atoms with Crippen LogP contribution in [-0.2, 0) is 4.74 Å². The maximum atomic E-state index is 13.6. The molecule has 1 atom stereocenters. The first-order chi connectivity index (χ1) is 15.7. The number of halogens is 1. The van der Waals surface area contributed by atoms with Crippen LogP contribution in [0, 0.1) is 5.82 Å². The van der Waals surface area contributed by atoms with E-state index in [2.05, 4.69) is 20.2 Å². The van der Waals surface area contributed by atoms with Crippen molar-refractivity contribution in [3.8, 4) is 0 Å². The van der Waals surface area contributed by atoms with Crippen LogP contribution in [0.4, 0.5) is 10.3 Å². The molecule has 0 amide bonds. The Kier molecular flexibility index (Phi) is 6.53. The van der Waals surface area contributed by atoms with E-state index in [1.165, 1.54) is 76.3 Å². The molecule has 1 aliphatic carbocycles. The van der Waals surface area contributed by atoms with Crippen LogP contribution in [0.15, 0.2) is 29.4 Å². The summed E-state index contributed by atoms with van der Waals surface area (Å²) < 4.78 is 20.1. The summed E-state index contributed by atoms with van der Waals surface area (Å²) in [5.74, 6) is 0.0843. The van der Waals surface area contributed by atoms with E-state index in [0.717, 1.165) is 24.9 Å². The Hall–Kier alpha value is -2.28. The van der Waals surface area contributed by atoms with E-state index < -0.39 is 0 Å². The first kappa shape index (κ1) is 21.6. The fourth-order valence-corrected chi connectivity index (χ4v) is 5.49. The number of aliphatic imine (C=N–C) groups is 1. The highest BCUT2D eigenvalue weighted by atomic mass is 19.1. The standard InChI is InChI=1S/C25H34FN5O/c26-20-12-11-19-16-27-23(29-22(19)15-20)30-24-28-17-25(32-24)13-7-4-8-14-31(18-25)21-9-5-2-1-3-6-10-21/h11-12,15-16,21H,1-10,13-14,17-18H2,(H,27,28,29,30)/t25-/m0/s1. The lowest BCUT2D eigenvalue weighted by molar-refractivity contribution is 0.00361. The molecule has 2 aliphatic heterocycles. The molecule has 3 heterocycles. The summed E-state index contributed by atoms with van der Waals surface area (Å²) in [5.41, 5.74) is 0.297. The molecule has 0 unspecified atom stereocenters. The molecule has 172 valence electrons. The zero-order chi connectivity index (χ0) is 21.8. The topological polar surface area (TPSA) is 62.6 Å². The quantitative estimate of drug-likeness (QED) is 0.688. The second kappa shape index (κ2) is 9.69. The number of fused-ring (bicyclic) bond motifs is 1. The van der Waals surface area contributed by atoms with E-state index in [0.29, 0.717) is 30.1 Å². The molecule has 6 nitrogen and oxygen atoms in total. The van der Waals surface area contributed by atoms with Crippen LogP contribution >= 0.6 is 0 Å². The van der Waals surface area contributed by atoms with Gasteiger partial charge in [0.05, 0.1) is 12.1 Å². The van der Waals surface area contributed by atoms with Crippen LogP contribution in [0.25, 0.3) is 10.9 Å². The van der Waals surface area contributed by atoms with Gasteiger partial charge >= 0.3 is 0 Å². The van der Waals surface area contributed by atoms with Crippen LogP contribution < -0.4 is 5.32 Å². The summed E-state index contributed by atoms with van der Waals surface area (Å²) in [6, 6.07) is 5.68. The van der Waals surface area contributed by atoms with Crippen LogP contribution in [-0.4, -0.2) is 52.2 Å². The Morgan fingerprint density at radius 1 is 1.03 bits per heavy atom. The summed E-state index contributed by atoms with van der Waals surface area (Å²) in [6.07, 6.45) is 15.9. The molecule has 1 aromatic heterocycles. The van der Waals surface area contributed by atoms with Gasteiger partial charge in [-0.2, -0.15) is 0 Å². The molecule has 1 saturated carbocycles. The number of benzene rings is 1. The second-order valence-corrected chi connectivity index (χ2v) is 9.71. The maximum absolute atomic E-state index is 13.6. The summed E-state index contributed by atoms with van der Waals surface area (Å²) in [4.78, 5) is 16.2. The van der Waals surface area contributed by atoms with E-state index in [1.807, 2.05) is 0 Å². The van der Waals surface area contributed by atoms with Gasteiger partial charge in [-0.25, -0.2) is 19.4 Å². The smallest absolute Gasteiger partial charge is 0.292 e. The molecule has 2 fully saturated rings. The van der Waals surface area contributed by atoms with Crippen molar-refractivity contribution in [3.63, 3.8) is 0 Å². The van der Waals surface area contributed by atoms with Gasteiger partial charge in [-0.05, 0) is 50.8 Å². The molecule has 0 radical (unpaired) electrons. The van der Waals surface area contributed by atoms with Gasteiger partial charge in [-0.15, -0.1) is 0 Å². The third-order valence-electron chi connectivity index (χ3n) is 7.25. The number of ether oxygens (including phenoxy) is 1. The number of anilines is 1. The lowest BCUT2D eigenvalue weighted by Crippen LogP contribution is -2.51. The fraction of sp³-hybridized carbons (Fsp3) is 0.640. The number of likely N-dealkylation sites (tertiary alicyclic amines) is 1. The Labute approximate surface area is 189 Å². The fourth-order valence-electron chi connectivity index (χ4n) is 5.49. The first-order valence-corrected chi connectivity index (χ1v) is 12.4. The number of hydrogen-bond donors (Lipinski definition) is 1. The number of nitrogens with one attached hydrogen (secondary N) is 1. The van der Waals surface area contributed by atoms with E-state index in [4.69, 9.17) is 9.73 Å². The van der Waals surface area contributed by atoms with Gasteiger partial charge in [0.25, 0.3) is 6.02 Å². The van der Waals surface area contributed by atoms with Crippen LogP contribution in [0.3, 0.4) is 0 Å². The van der Waals surface area contributed by atoms with Crippen molar-refractivity contribution < 1.29 is 9.13 Å². The first-order valence-electron chi connectivity index (χ1n) is 12.4.